The molecule has 3 rings (SSSR count). The van der Waals surface area contributed by atoms with Crippen LogP contribution in [0.3, 0.4) is 0 Å². The second-order valence-corrected chi connectivity index (χ2v) is 8.69. The van der Waals surface area contributed by atoms with Crippen molar-refractivity contribution in [1.82, 2.24) is 15.2 Å². The average molecular weight is 402 g/mol. The largest absolute Gasteiger partial charge is 0.277 e. The summed E-state index contributed by atoms with van der Waals surface area (Å²) >= 11 is 1.36. The highest BCUT2D eigenvalue weighted by molar-refractivity contribution is 7.89. The molecule has 0 bridgehead atoms. The van der Waals surface area contributed by atoms with Gasteiger partial charge in [-0.05, 0) is 25.5 Å². The highest BCUT2D eigenvalue weighted by Crippen LogP contribution is 2.21. The highest BCUT2D eigenvalue weighted by Gasteiger charge is 2.18. The summed E-state index contributed by atoms with van der Waals surface area (Å²) in [4.78, 5) is 18.8. The molecule has 1 aromatic heterocycles. The van der Waals surface area contributed by atoms with Gasteiger partial charge in [0.2, 0.25) is 5.91 Å². The van der Waals surface area contributed by atoms with E-state index in [2.05, 4.69) is 15.2 Å². The minimum absolute atomic E-state index is 0.00704. The van der Waals surface area contributed by atoms with Gasteiger partial charge in [0.25, 0.3) is 10.0 Å². The van der Waals surface area contributed by atoms with Gasteiger partial charge < -0.3 is 0 Å². The molecule has 0 atom stereocenters. The Kier molecular flexibility index (Phi) is 5.69. The van der Waals surface area contributed by atoms with Crippen molar-refractivity contribution < 1.29 is 13.2 Å². The molecule has 3 aromatic rings. The number of thiazole rings is 1. The monoisotopic (exact) mass is 401 g/mol. The van der Waals surface area contributed by atoms with E-state index in [1.807, 2.05) is 42.6 Å². The molecule has 0 aliphatic carbocycles. The molecule has 0 aliphatic heterocycles. The van der Waals surface area contributed by atoms with Gasteiger partial charge in [0.1, 0.15) is 5.01 Å². The Morgan fingerprint density at radius 3 is 2.56 bits per heavy atom. The number of hydrazine groups is 1. The summed E-state index contributed by atoms with van der Waals surface area (Å²) in [5.74, 6) is -0.475. The number of aryl methyl sites for hydroxylation is 2. The zero-order chi connectivity index (χ0) is 19.4. The smallest absolute Gasteiger partial charge is 0.257 e. The summed E-state index contributed by atoms with van der Waals surface area (Å²) < 4.78 is 24.7. The number of carbonyl (C=O) groups excluding carboxylic acids is 1. The Bertz CT molecular complexity index is 1060. The van der Waals surface area contributed by atoms with E-state index in [0.29, 0.717) is 10.6 Å². The maximum absolute atomic E-state index is 12.4. The third kappa shape index (κ3) is 4.79. The fourth-order valence-electron chi connectivity index (χ4n) is 2.60. The van der Waals surface area contributed by atoms with Crippen molar-refractivity contribution in [2.24, 2.45) is 0 Å². The molecule has 6 nitrogen and oxygen atoms in total. The second kappa shape index (κ2) is 7.99. The molecule has 2 aromatic carbocycles. The Hall–Kier alpha value is -2.55. The number of nitrogens with zero attached hydrogens (tertiary/aromatic N) is 1. The molecule has 140 valence electrons. The van der Waals surface area contributed by atoms with Gasteiger partial charge in [0.05, 0.1) is 17.0 Å². The molecule has 0 fully saturated rings. The quantitative estimate of drug-likeness (QED) is 0.622. The second-order valence-electron chi connectivity index (χ2n) is 6.09. The Labute approximate surface area is 162 Å². The van der Waals surface area contributed by atoms with E-state index in [9.17, 15) is 13.2 Å². The summed E-state index contributed by atoms with van der Waals surface area (Å²) in [7, 11) is -3.83. The Morgan fingerprint density at radius 2 is 1.85 bits per heavy atom. The first-order valence-corrected chi connectivity index (χ1v) is 10.6. The van der Waals surface area contributed by atoms with Crippen LogP contribution in [0, 0.1) is 13.8 Å². The third-order valence-corrected chi connectivity index (χ3v) is 6.13. The van der Waals surface area contributed by atoms with Crippen molar-refractivity contribution in [3.05, 3.63) is 70.0 Å². The normalized spacial score (nSPS) is 11.3. The van der Waals surface area contributed by atoms with E-state index in [4.69, 9.17) is 0 Å². The highest BCUT2D eigenvalue weighted by atomic mass is 32.2. The Morgan fingerprint density at radius 1 is 1.11 bits per heavy atom. The Balaban J connectivity index is 1.62. The van der Waals surface area contributed by atoms with Crippen LogP contribution in [-0.4, -0.2) is 19.3 Å². The van der Waals surface area contributed by atoms with Crippen LogP contribution < -0.4 is 10.3 Å². The fraction of sp³-hybridized carbons (Fsp3) is 0.158. The van der Waals surface area contributed by atoms with Crippen molar-refractivity contribution in [3.8, 4) is 11.3 Å². The first-order valence-electron chi connectivity index (χ1n) is 8.23. The SMILES string of the molecule is Cc1ccc(S(=O)(=O)NNC(=O)Cc2nc(-c3ccccc3)cs2)c(C)c1. The van der Waals surface area contributed by atoms with Crippen molar-refractivity contribution >= 4 is 27.3 Å². The summed E-state index contributed by atoms with van der Waals surface area (Å²) in [5, 5.41) is 2.48. The predicted molar refractivity (Wildman–Crippen MR) is 106 cm³/mol. The number of carbonyl (C=O) groups is 1. The van der Waals surface area contributed by atoms with Gasteiger partial charge in [-0.3, -0.25) is 10.2 Å². The number of benzene rings is 2. The number of hydrogen-bond donors (Lipinski definition) is 2. The molecule has 2 N–H and O–H groups in total. The molecule has 0 aliphatic rings. The van der Waals surface area contributed by atoms with Crippen molar-refractivity contribution in [2.45, 2.75) is 25.2 Å². The average Bonchev–Trinajstić information content (AvgIpc) is 3.09. The van der Waals surface area contributed by atoms with Crippen LogP contribution >= 0.6 is 11.3 Å². The maximum Gasteiger partial charge on any atom is 0.257 e. The summed E-state index contributed by atoms with van der Waals surface area (Å²) in [6.07, 6.45) is -0.00704. The summed E-state index contributed by atoms with van der Waals surface area (Å²) in [5.41, 5.74) is 5.59. The predicted octanol–water partition coefficient (Wildman–Crippen LogP) is 2.98. The van der Waals surface area contributed by atoms with E-state index >= 15 is 0 Å². The van der Waals surface area contributed by atoms with E-state index in [0.717, 1.165) is 16.8 Å². The molecule has 0 radical (unpaired) electrons. The first-order chi connectivity index (χ1) is 12.8. The molecular weight excluding hydrogens is 382 g/mol. The number of nitrogens with one attached hydrogen (secondary N) is 2. The lowest BCUT2D eigenvalue weighted by molar-refractivity contribution is -0.120. The van der Waals surface area contributed by atoms with Gasteiger partial charge in [-0.25, -0.2) is 13.4 Å². The number of amides is 1. The van der Waals surface area contributed by atoms with Gasteiger partial charge >= 0.3 is 0 Å². The van der Waals surface area contributed by atoms with Crippen LogP contribution in [-0.2, 0) is 21.2 Å². The number of hydrogen-bond acceptors (Lipinski definition) is 5. The van der Waals surface area contributed by atoms with Gasteiger partial charge in [-0.1, -0.05) is 48.0 Å². The molecule has 1 amide bonds. The molecule has 0 saturated heterocycles. The van der Waals surface area contributed by atoms with Crippen LogP contribution in [0.4, 0.5) is 0 Å². The van der Waals surface area contributed by atoms with Gasteiger partial charge in [0.15, 0.2) is 0 Å². The van der Waals surface area contributed by atoms with E-state index in [1.54, 1.807) is 19.1 Å². The van der Waals surface area contributed by atoms with E-state index in [1.165, 1.54) is 17.4 Å². The van der Waals surface area contributed by atoms with Crippen molar-refractivity contribution in [2.75, 3.05) is 0 Å². The van der Waals surface area contributed by atoms with Crippen molar-refractivity contribution in [3.63, 3.8) is 0 Å². The molecule has 0 spiro atoms. The number of aromatic nitrogens is 1. The first kappa shape index (κ1) is 19.2. The lowest BCUT2D eigenvalue weighted by Gasteiger charge is -2.10. The van der Waals surface area contributed by atoms with Gasteiger partial charge in [-0.15, -0.1) is 16.2 Å². The minimum atomic E-state index is -3.83. The number of sulfonamides is 1. The lowest BCUT2D eigenvalue weighted by atomic mass is 10.2. The molecular formula is C19H19N3O3S2. The topological polar surface area (TPSA) is 88.2 Å². The van der Waals surface area contributed by atoms with Gasteiger partial charge in [0, 0.05) is 10.9 Å². The molecule has 1 heterocycles. The molecule has 27 heavy (non-hydrogen) atoms. The molecule has 0 unspecified atom stereocenters. The minimum Gasteiger partial charge on any atom is -0.277 e. The zero-order valence-corrected chi connectivity index (χ0v) is 16.5. The molecule has 0 saturated carbocycles. The fourth-order valence-corrected chi connectivity index (χ4v) is 4.49. The third-order valence-electron chi connectivity index (χ3n) is 3.88. The van der Waals surface area contributed by atoms with E-state index < -0.39 is 15.9 Å². The van der Waals surface area contributed by atoms with Crippen LogP contribution in [0.25, 0.3) is 11.3 Å². The summed E-state index contributed by atoms with van der Waals surface area (Å²) in [6, 6.07) is 14.7. The van der Waals surface area contributed by atoms with Crippen LogP contribution in [0.5, 0.6) is 0 Å². The zero-order valence-electron chi connectivity index (χ0n) is 14.9. The van der Waals surface area contributed by atoms with Crippen LogP contribution in [0.15, 0.2) is 58.8 Å². The van der Waals surface area contributed by atoms with E-state index in [-0.39, 0.29) is 11.3 Å². The lowest BCUT2D eigenvalue weighted by Crippen LogP contribution is -2.42. The van der Waals surface area contributed by atoms with Crippen molar-refractivity contribution in [1.29, 1.82) is 0 Å². The number of rotatable bonds is 6. The summed E-state index contributed by atoms with van der Waals surface area (Å²) in [6.45, 7) is 3.60. The van der Waals surface area contributed by atoms with Crippen LogP contribution in [0.1, 0.15) is 16.1 Å². The maximum atomic E-state index is 12.4. The standard InChI is InChI=1S/C19H19N3O3S2/c1-13-8-9-17(14(2)10-13)27(24,25)22-21-18(23)11-19-20-16(12-26-19)15-6-4-3-5-7-15/h3-10,12,22H,11H2,1-2H3,(H,21,23). The molecule has 8 heteroatoms. The van der Waals surface area contributed by atoms with Crippen LogP contribution in [0.2, 0.25) is 0 Å². The van der Waals surface area contributed by atoms with Gasteiger partial charge in [-0.2, -0.15) is 0 Å².